The fourth-order valence-electron chi connectivity index (χ4n) is 1.61. The minimum Gasteiger partial charge on any atom is -0.311 e. The number of hydrogen-bond acceptors (Lipinski definition) is 3. The van der Waals surface area contributed by atoms with Gasteiger partial charge in [0.25, 0.3) is 0 Å². The predicted molar refractivity (Wildman–Crippen MR) is 68.4 cm³/mol. The molecule has 0 amide bonds. The monoisotopic (exact) mass is 226 g/mol. The summed E-state index contributed by atoms with van der Waals surface area (Å²) in [4.78, 5) is 3.91. The molecule has 0 fully saturated rings. The van der Waals surface area contributed by atoms with Crippen LogP contribution in [0.2, 0.25) is 0 Å². The van der Waals surface area contributed by atoms with Gasteiger partial charge in [-0.3, -0.25) is 0 Å². The highest BCUT2D eigenvalue weighted by Crippen LogP contribution is 2.06. The minimum atomic E-state index is 1.02. The molecular weight excluding hydrogens is 204 g/mol. The topological polar surface area (TPSA) is 15.3 Å². The third-order valence-electron chi connectivity index (χ3n) is 2.47. The van der Waals surface area contributed by atoms with E-state index in [-0.39, 0.29) is 0 Å². The number of likely N-dealkylation sites (N-methyl/N-ethyl adjacent to an activating group) is 1. The molecule has 0 unspecified atom stereocenters. The molecule has 0 aliphatic carbocycles. The second kappa shape index (κ2) is 7.85. The Labute approximate surface area is 97.3 Å². The average Bonchev–Trinajstić information content (AvgIpc) is 2.75. The molecule has 0 aliphatic heterocycles. The first-order valence-corrected chi connectivity index (χ1v) is 6.70. The van der Waals surface area contributed by atoms with Gasteiger partial charge in [0, 0.05) is 24.5 Å². The normalized spacial score (nSPS) is 11.1. The number of hydrogen-bond donors (Lipinski definition) is 1. The van der Waals surface area contributed by atoms with E-state index in [2.05, 4.69) is 41.6 Å². The minimum absolute atomic E-state index is 1.02. The van der Waals surface area contributed by atoms with E-state index in [0.29, 0.717) is 0 Å². The van der Waals surface area contributed by atoms with Gasteiger partial charge in [0.2, 0.25) is 0 Å². The summed E-state index contributed by atoms with van der Waals surface area (Å²) >= 11 is 1.82. The summed E-state index contributed by atoms with van der Waals surface area (Å²) in [7, 11) is 0. The second-order valence-electron chi connectivity index (χ2n) is 3.69. The molecule has 0 atom stereocenters. The molecule has 1 aromatic heterocycles. The van der Waals surface area contributed by atoms with Crippen LogP contribution in [0.15, 0.2) is 17.5 Å². The lowest BCUT2D eigenvalue weighted by molar-refractivity contribution is 0.287. The molecule has 1 rings (SSSR count). The van der Waals surface area contributed by atoms with E-state index in [9.17, 15) is 0 Å². The van der Waals surface area contributed by atoms with Crippen LogP contribution in [-0.4, -0.2) is 31.1 Å². The molecular formula is C12H22N2S. The average molecular weight is 226 g/mol. The van der Waals surface area contributed by atoms with Gasteiger partial charge >= 0.3 is 0 Å². The van der Waals surface area contributed by atoms with Crippen LogP contribution in [0.3, 0.4) is 0 Å². The molecule has 0 bridgehead atoms. The number of rotatable bonds is 8. The largest absolute Gasteiger partial charge is 0.311 e. The molecule has 1 heterocycles. The van der Waals surface area contributed by atoms with Gasteiger partial charge in [0.15, 0.2) is 0 Å². The molecule has 0 aliphatic rings. The Hall–Kier alpha value is -0.380. The van der Waals surface area contributed by atoms with Gasteiger partial charge in [-0.2, -0.15) is 0 Å². The highest BCUT2D eigenvalue weighted by molar-refractivity contribution is 7.09. The summed E-state index contributed by atoms with van der Waals surface area (Å²) in [5, 5.41) is 5.61. The van der Waals surface area contributed by atoms with Crippen LogP contribution < -0.4 is 5.32 Å². The molecule has 2 nitrogen and oxygen atoms in total. The maximum absolute atomic E-state index is 3.48. The van der Waals surface area contributed by atoms with Crippen molar-refractivity contribution in [3.05, 3.63) is 22.4 Å². The predicted octanol–water partition coefficient (Wildman–Crippen LogP) is 2.57. The van der Waals surface area contributed by atoms with Crippen LogP contribution in [-0.2, 0) is 6.54 Å². The van der Waals surface area contributed by atoms with Gasteiger partial charge in [-0.15, -0.1) is 11.3 Å². The molecule has 1 aromatic rings. The van der Waals surface area contributed by atoms with E-state index in [1.54, 1.807) is 0 Å². The zero-order valence-electron chi connectivity index (χ0n) is 9.83. The third-order valence-corrected chi connectivity index (χ3v) is 3.35. The van der Waals surface area contributed by atoms with Crippen molar-refractivity contribution in [2.45, 2.75) is 26.8 Å². The summed E-state index contributed by atoms with van der Waals surface area (Å²) in [6.07, 6.45) is 1.25. The highest BCUT2D eigenvalue weighted by atomic mass is 32.1. The SMILES string of the molecule is CCCN(CC)CCNCc1cccs1. The Morgan fingerprint density at radius 3 is 2.80 bits per heavy atom. The van der Waals surface area contributed by atoms with E-state index >= 15 is 0 Å². The van der Waals surface area contributed by atoms with Crippen molar-refractivity contribution in [2.24, 2.45) is 0 Å². The van der Waals surface area contributed by atoms with Crippen molar-refractivity contribution in [2.75, 3.05) is 26.2 Å². The first kappa shape index (κ1) is 12.7. The molecule has 15 heavy (non-hydrogen) atoms. The third kappa shape index (κ3) is 5.30. The zero-order valence-corrected chi connectivity index (χ0v) is 10.6. The summed E-state index contributed by atoms with van der Waals surface area (Å²) < 4.78 is 0. The van der Waals surface area contributed by atoms with Crippen LogP contribution in [0.25, 0.3) is 0 Å². The van der Waals surface area contributed by atoms with Crippen molar-refractivity contribution in [1.29, 1.82) is 0 Å². The van der Waals surface area contributed by atoms with Gasteiger partial charge < -0.3 is 10.2 Å². The van der Waals surface area contributed by atoms with Crippen molar-refractivity contribution in [3.8, 4) is 0 Å². The summed E-state index contributed by atoms with van der Waals surface area (Å²) in [5.74, 6) is 0. The maximum atomic E-state index is 3.48. The molecule has 1 N–H and O–H groups in total. The van der Waals surface area contributed by atoms with E-state index < -0.39 is 0 Å². The molecule has 0 saturated heterocycles. The van der Waals surface area contributed by atoms with Crippen LogP contribution in [0.1, 0.15) is 25.1 Å². The Morgan fingerprint density at radius 1 is 1.33 bits per heavy atom. The van der Waals surface area contributed by atoms with Crippen LogP contribution in [0.5, 0.6) is 0 Å². The van der Waals surface area contributed by atoms with E-state index in [1.165, 1.54) is 17.8 Å². The standard InChI is InChI=1S/C12H22N2S/c1-3-8-14(4-2)9-7-13-11-12-6-5-10-15-12/h5-6,10,13H,3-4,7-9,11H2,1-2H3. The maximum Gasteiger partial charge on any atom is 0.0300 e. The van der Waals surface area contributed by atoms with Gasteiger partial charge in [-0.1, -0.05) is 19.9 Å². The molecule has 3 heteroatoms. The molecule has 0 saturated carbocycles. The molecule has 86 valence electrons. The fourth-order valence-corrected chi connectivity index (χ4v) is 2.28. The van der Waals surface area contributed by atoms with Crippen molar-refractivity contribution < 1.29 is 0 Å². The number of thiophene rings is 1. The molecule has 0 radical (unpaired) electrons. The van der Waals surface area contributed by atoms with Crippen LogP contribution in [0, 0.1) is 0 Å². The zero-order chi connectivity index (χ0) is 10.9. The number of nitrogens with one attached hydrogen (secondary N) is 1. The second-order valence-corrected chi connectivity index (χ2v) is 4.72. The lowest BCUT2D eigenvalue weighted by atomic mass is 10.4. The van der Waals surface area contributed by atoms with Gasteiger partial charge in [0.1, 0.15) is 0 Å². The van der Waals surface area contributed by atoms with Crippen LogP contribution >= 0.6 is 11.3 Å². The lowest BCUT2D eigenvalue weighted by Gasteiger charge is -2.19. The van der Waals surface area contributed by atoms with Gasteiger partial charge in [0.05, 0.1) is 0 Å². The Morgan fingerprint density at radius 2 is 2.20 bits per heavy atom. The quantitative estimate of drug-likeness (QED) is 0.685. The van der Waals surface area contributed by atoms with Crippen LogP contribution in [0.4, 0.5) is 0 Å². The summed E-state index contributed by atoms with van der Waals surface area (Å²) in [6.45, 7) is 10.1. The molecule has 0 spiro atoms. The van der Waals surface area contributed by atoms with Crippen molar-refractivity contribution in [1.82, 2.24) is 10.2 Å². The summed E-state index contributed by atoms with van der Waals surface area (Å²) in [5.41, 5.74) is 0. The smallest absolute Gasteiger partial charge is 0.0300 e. The van der Waals surface area contributed by atoms with E-state index in [4.69, 9.17) is 0 Å². The lowest BCUT2D eigenvalue weighted by Crippen LogP contribution is -2.32. The fraction of sp³-hybridized carbons (Fsp3) is 0.667. The Balaban J connectivity index is 2.05. The van der Waals surface area contributed by atoms with Gasteiger partial charge in [-0.25, -0.2) is 0 Å². The van der Waals surface area contributed by atoms with E-state index in [1.807, 2.05) is 11.3 Å². The first-order valence-electron chi connectivity index (χ1n) is 5.82. The Bertz CT molecular complexity index is 234. The molecule has 0 aromatic carbocycles. The first-order chi connectivity index (χ1) is 7.36. The van der Waals surface area contributed by atoms with Crippen molar-refractivity contribution >= 4 is 11.3 Å². The van der Waals surface area contributed by atoms with Crippen molar-refractivity contribution in [3.63, 3.8) is 0 Å². The number of nitrogens with zero attached hydrogens (tertiary/aromatic N) is 1. The highest BCUT2D eigenvalue weighted by Gasteiger charge is 1.99. The van der Waals surface area contributed by atoms with E-state index in [0.717, 1.165) is 26.2 Å². The summed E-state index contributed by atoms with van der Waals surface area (Å²) in [6, 6.07) is 4.29. The van der Waals surface area contributed by atoms with Gasteiger partial charge in [-0.05, 0) is 31.0 Å². The Kier molecular flexibility index (Phi) is 6.64.